The van der Waals surface area contributed by atoms with Crippen molar-refractivity contribution in [1.29, 1.82) is 0 Å². The van der Waals surface area contributed by atoms with Crippen LogP contribution in [-0.4, -0.2) is 4.57 Å². The smallest absolute Gasteiger partial charge is 0.250 e. The topological polar surface area (TPSA) is 34.0 Å². The van der Waals surface area contributed by atoms with Gasteiger partial charge in [-0.1, -0.05) is 42.5 Å². The van der Waals surface area contributed by atoms with Crippen LogP contribution in [0.1, 0.15) is 18.5 Å². The Hall–Kier alpha value is -2.55. The first-order valence-electron chi connectivity index (χ1n) is 7.06. The van der Waals surface area contributed by atoms with Crippen LogP contribution in [0.3, 0.4) is 0 Å². The Kier molecular flexibility index (Phi) is 3.48. The molecule has 0 spiro atoms. The number of hydrogen-bond donors (Lipinski definition) is 1. The summed E-state index contributed by atoms with van der Waals surface area (Å²) in [6.45, 7) is 2.13. The van der Waals surface area contributed by atoms with Gasteiger partial charge in [0.05, 0.1) is 5.69 Å². The number of nitrogens with zero attached hydrogens (tertiary/aromatic N) is 1. The first kappa shape index (κ1) is 13.4. The van der Waals surface area contributed by atoms with Gasteiger partial charge in [-0.05, 0) is 29.3 Å². The molecule has 0 amide bonds. The third kappa shape index (κ3) is 2.68. The van der Waals surface area contributed by atoms with Gasteiger partial charge in [0, 0.05) is 25.4 Å². The molecular formula is C18H18N2O. The van der Waals surface area contributed by atoms with E-state index < -0.39 is 0 Å². The molecule has 1 N–H and O–H groups in total. The molecule has 3 nitrogen and oxygen atoms in total. The SMILES string of the molecule is CC(Nc1ccc(=O)n(C)c1)c1cccc2ccccc12. The zero-order chi connectivity index (χ0) is 14.8. The summed E-state index contributed by atoms with van der Waals surface area (Å²) >= 11 is 0. The second-order valence-electron chi connectivity index (χ2n) is 5.30. The summed E-state index contributed by atoms with van der Waals surface area (Å²) in [5.41, 5.74) is 2.19. The highest BCUT2D eigenvalue weighted by atomic mass is 16.1. The van der Waals surface area contributed by atoms with Crippen molar-refractivity contribution in [3.05, 3.63) is 76.7 Å². The molecule has 3 heteroatoms. The van der Waals surface area contributed by atoms with E-state index in [-0.39, 0.29) is 11.6 Å². The van der Waals surface area contributed by atoms with Gasteiger partial charge >= 0.3 is 0 Å². The maximum atomic E-state index is 11.4. The number of nitrogens with one attached hydrogen (secondary N) is 1. The van der Waals surface area contributed by atoms with Gasteiger partial charge in [0.2, 0.25) is 5.56 Å². The minimum absolute atomic E-state index is 0.00151. The minimum atomic E-state index is -0.00151. The molecule has 21 heavy (non-hydrogen) atoms. The third-order valence-electron chi connectivity index (χ3n) is 3.76. The standard InChI is InChI=1S/C18H18N2O/c1-13(19-15-10-11-18(21)20(2)12-15)16-9-5-7-14-6-3-4-8-17(14)16/h3-13,19H,1-2H3. The molecule has 0 aliphatic heterocycles. The predicted molar refractivity (Wildman–Crippen MR) is 87.7 cm³/mol. The number of aryl methyl sites for hydroxylation is 1. The largest absolute Gasteiger partial charge is 0.377 e. The first-order chi connectivity index (χ1) is 10.1. The van der Waals surface area contributed by atoms with Gasteiger partial charge in [-0.3, -0.25) is 4.79 Å². The van der Waals surface area contributed by atoms with Crippen molar-refractivity contribution in [2.75, 3.05) is 5.32 Å². The van der Waals surface area contributed by atoms with Crippen molar-refractivity contribution in [2.45, 2.75) is 13.0 Å². The van der Waals surface area contributed by atoms with Crippen molar-refractivity contribution < 1.29 is 0 Å². The normalized spacial score (nSPS) is 12.3. The Morgan fingerprint density at radius 2 is 1.76 bits per heavy atom. The van der Waals surface area contributed by atoms with Crippen molar-refractivity contribution in [1.82, 2.24) is 4.57 Å². The van der Waals surface area contributed by atoms with Crippen LogP contribution in [0.15, 0.2) is 65.6 Å². The molecule has 2 aromatic carbocycles. The van der Waals surface area contributed by atoms with E-state index >= 15 is 0 Å². The zero-order valence-electron chi connectivity index (χ0n) is 12.2. The van der Waals surface area contributed by atoms with Gasteiger partial charge in [-0.25, -0.2) is 0 Å². The van der Waals surface area contributed by atoms with Crippen LogP contribution in [0.5, 0.6) is 0 Å². The van der Waals surface area contributed by atoms with Gasteiger partial charge in [-0.2, -0.15) is 0 Å². The molecule has 1 aromatic heterocycles. The number of hydrogen-bond acceptors (Lipinski definition) is 2. The summed E-state index contributed by atoms with van der Waals surface area (Å²) in [6, 6.07) is 18.3. The maximum absolute atomic E-state index is 11.4. The number of aromatic nitrogens is 1. The highest BCUT2D eigenvalue weighted by molar-refractivity contribution is 5.86. The summed E-state index contributed by atoms with van der Waals surface area (Å²) in [5.74, 6) is 0. The summed E-state index contributed by atoms with van der Waals surface area (Å²) in [7, 11) is 1.76. The fourth-order valence-corrected chi connectivity index (χ4v) is 2.64. The van der Waals surface area contributed by atoms with E-state index in [1.54, 1.807) is 17.7 Å². The van der Waals surface area contributed by atoms with Crippen LogP contribution < -0.4 is 10.9 Å². The maximum Gasteiger partial charge on any atom is 0.250 e. The van der Waals surface area contributed by atoms with E-state index in [0.29, 0.717) is 0 Å². The molecule has 0 aliphatic carbocycles. The van der Waals surface area contributed by atoms with Crippen LogP contribution in [0.4, 0.5) is 5.69 Å². The van der Waals surface area contributed by atoms with Gasteiger partial charge in [-0.15, -0.1) is 0 Å². The number of rotatable bonds is 3. The molecule has 106 valence electrons. The Morgan fingerprint density at radius 3 is 2.57 bits per heavy atom. The molecule has 1 heterocycles. The van der Waals surface area contributed by atoms with Crippen LogP contribution in [0.2, 0.25) is 0 Å². The molecule has 1 unspecified atom stereocenters. The molecule has 0 saturated carbocycles. The van der Waals surface area contributed by atoms with E-state index in [1.807, 2.05) is 12.3 Å². The van der Waals surface area contributed by atoms with E-state index in [9.17, 15) is 4.79 Å². The molecule has 0 fully saturated rings. The molecule has 0 radical (unpaired) electrons. The Morgan fingerprint density at radius 1 is 1.00 bits per heavy atom. The predicted octanol–water partition coefficient (Wildman–Crippen LogP) is 3.71. The molecule has 0 bridgehead atoms. The molecule has 1 atom stereocenters. The Labute approximate surface area is 123 Å². The highest BCUT2D eigenvalue weighted by Gasteiger charge is 2.09. The lowest BCUT2D eigenvalue weighted by Crippen LogP contribution is -2.16. The molecular weight excluding hydrogens is 260 g/mol. The van der Waals surface area contributed by atoms with Gasteiger partial charge < -0.3 is 9.88 Å². The zero-order valence-corrected chi connectivity index (χ0v) is 12.2. The Balaban J connectivity index is 1.95. The molecule has 0 aliphatic rings. The summed E-state index contributed by atoms with van der Waals surface area (Å²) in [5, 5.41) is 5.95. The van der Waals surface area contributed by atoms with Gasteiger partial charge in [0.25, 0.3) is 0 Å². The van der Waals surface area contributed by atoms with E-state index in [1.165, 1.54) is 16.3 Å². The minimum Gasteiger partial charge on any atom is -0.377 e. The molecule has 3 aromatic rings. The number of anilines is 1. The summed E-state index contributed by atoms with van der Waals surface area (Å²) in [4.78, 5) is 11.4. The average Bonchev–Trinajstić information content (AvgIpc) is 2.50. The molecule has 3 rings (SSSR count). The van der Waals surface area contributed by atoms with Crippen molar-refractivity contribution in [2.24, 2.45) is 7.05 Å². The third-order valence-corrected chi connectivity index (χ3v) is 3.76. The number of fused-ring (bicyclic) bond motifs is 1. The van der Waals surface area contributed by atoms with Crippen LogP contribution in [0.25, 0.3) is 10.8 Å². The first-order valence-corrected chi connectivity index (χ1v) is 7.06. The quantitative estimate of drug-likeness (QED) is 0.792. The van der Waals surface area contributed by atoms with E-state index in [2.05, 4.69) is 54.7 Å². The Bertz CT molecular complexity index is 830. The lowest BCUT2D eigenvalue weighted by atomic mass is 9.99. The van der Waals surface area contributed by atoms with E-state index in [4.69, 9.17) is 0 Å². The van der Waals surface area contributed by atoms with Crippen molar-refractivity contribution in [3.8, 4) is 0 Å². The van der Waals surface area contributed by atoms with Crippen molar-refractivity contribution in [3.63, 3.8) is 0 Å². The highest BCUT2D eigenvalue weighted by Crippen LogP contribution is 2.26. The van der Waals surface area contributed by atoms with Gasteiger partial charge in [0.1, 0.15) is 0 Å². The summed E-state index contributed by atoms with van der Waals surface area (Å²) < 4.78 is 1.58. The monoisotopic (exact) mass is 278 g/mol. The van der Waals surface area contributed by atoms with Gasteiger partial charge in [0.15, 0.2) is 0 Å². The van der Waals surface area contributed by atoms with Crippen LogP contribution in [0, 0.1) is 0 Å². The molecule has 0 saturated heterocycles. The lowest BCUT2D eigenvalue weighted by molar-refractivity contribution is 0.842. The fraction of sp³-hybridized carbons (Fsp3) is 0.167. The average molecular weight is 278 g/mol. The summed E-state index contributed by atoms with van der Waals surface area (Å²) in [6.07, 6.45) is 1.82. The lowest BCUT2D eigenvalue weighted by Gasteiger charge is -2.18. The second-order valence-corrected chi connectivity index (χ2v) is 5.30. The fourth-order valence-electron chi connectivity index (χ4n) is 2.64. The second kappa shape index (κ2) is 5.44. The van der Waals surface area contributed by atoms with E-state index in [0.717, 1.165) is 5.69 Å². The van der Waals surface area contributed by atoms with Crippen molar-refractivity contribution >= 4 is 16.5 Å². The van der Waals surface area contributed by atoms with Crippen LogP contribution >= 0.6 is 0 Å². The van der Waals surface area contributed by atoms with Crippen LogP contribution in [-0.2, 0) is 7.05 Å². The number of pyridine rings is 1. The number of benzene rings is 2.